The summed E-state index contributed by atoms with van der Waals surface area (Å²) < 4.78 is 11.1. The van der Waals surface area contributed by atoms with Gasteiger partial charge in [-0.1, -0.05) is 6.92 Å². The van der Waals surface area contributed by atoms with Crippen LogP contribution in [0.3, 0.4) is 0 Å². The SMILES string of the molecule is CCC(C)NC(=O)Cc1cc2c(cc1C)OCCO2. The van der Waals surface area contributed by atoms with Crippen molar-refractivity contribution in [3.8, 4) is 11.5 Å². The van der Waals surface area contributed by atoms with Crippen LogP contribution in [0.2, 0.25) is 0 Å². The number of hydrogen-bond acceptors (Lipinski definition) is 3. The average molecular weight is 263 g/mol. The van der Waals surface area contributed by atoms with Gasteiger partial charge in [-0.05, 0) is 43.5 Å². The van der Waals surface area contributed by atoms with Gasteiger partial charge in [-0.3, -0.25) is 4.79 Å². The lowest BCUT2D eigenvalue weighted by Gasteiger charge is -2.20. The highest BCUT2D eigenvalue weighted by molar-refractivity contribution is 5.79. The second kappa shape index (κ2) is 5.95. The smallest absolute Gasteiger partial charge is 0.224 e. The minimum atomic E-state index is 0.0501. The van der Waals surface area contributed by atoms with Crippen LogP contribution < -0.4 is 14.8 Å². The predicted octanol–water partition coefficient (Wildman–Crippen LogP) is 2.22. The number of nitrogens with one attached hydrogen (secondary N) is 1. The summed E-state index contributed by atoms with van der Waals surface area (Å²) in [4.78, 5) is 11.9. The van der Waals surface area contributed by atoms with Gasteiger partial charge in [-0.15, -0.1) is 0 Å². The summed E-state index contributed by atoms with van der Waals surface area (Å²) in [6.07, 6.45) is 1.32. The van der Waals surface area contributed by atoms with E-state index in [0.29, 0.717) is 19.6 Å². The molecule has 0 bridgehead atoms. The number of fused-ring (bicyclic) bond motifs is 1. The summed E-state index contributed by atoms with van der Waals surface area (Å²) in [5, 5.41) is 2.97. The Balaban J connectivity index is 2.10. The van der Waals surface area contributed by atoms with E-state index in [2.05, 4.69) is 12.2 Å². The van der Waals surface area contributed by atoms with Crippen LogP contribution in [0, 0.1) is 6.92 Å². The average Bonchev–Trinajstić information content (AvgIpc) is 2.39. The molecule has 1 heterocycles. The quantitative estimate of drug-likeness (QED) is 0.906. The maximum absolute atomic E-state index is 11.9. The summed E-state index contributed by atoms with van der Waals surface area (Å²) >= 11 is 0. The molecule has 19 heavy (non-hydrogen) atoms. The number of rotatable bonds is 4. The minimum absolute atomic E-state index is 0.0501. The molecule has 1 unspecified atom stereocenters. The van der Waals surface area contributed by atoms with Crippen LogP contribution in [0.1, 0.15) is 31.4 Å². The van der Waals surface area contributed by atoms with Gasteiger partial charge in [0.2, 0.25) is 5.91 Å². The molecule has 104 valence electrons. The standard InChI is InChI=1S/C15H21NO3/c1-4-11(3)16-15(17)9-12-8-14-13(7-10(12)2)18-5-6-19-14/h7-8,11H,4-6,9H2,1-3H3,(H,16,17). The molecule has 0 fully saturated rings. The van der Waals surface area contributed by atoms with E-state index in [-0.39, 0.29) is 11.9 Å². The highest BCUT2D eigenvalue weighted by Gasteiger charge is 2.16. The zero-order valence-electron chi connectivity index (χ0n) is 11.8. The molecule has 4 heteroatoms. The molecule has 0 aliphatic carbocycles. The molecule has 1 aliphatic heterocycles. The van der Waals surface area contributed by atoms with Gasteiger partial charge in [-0.2, -0.15) is 0 Å². The molecular formula is C15H21NO3. The van der Waals surface area contributed by atoms with Crippen LogP contribution in [-0.4, -0.2) is 25.2 Å². The van der Waals surface area contributed by atoms with Crippen molar-refractivity contribution in [2.75, 3.05) is 13.2 Å². The van der Waals surface area contributed by atoms with Crippen molar-refractivity contribution in [3.05, 3.63) is 23.3 Å². The van der Waals surface area contributed by atoms with E-state index in [1.165, 1.54) is 0 Å². The molecule has 1 aromatic carbocycles. The van der Waals surface area contributed by atoms with E-state index >= 15 is 0 Å². The Kier molecular flexibility index (Phi) is 4.30. The molecule has 1 N–H and O–H groups in total. The maximum atomic E-state index is 11.9. The third-order valence-electron chi connectivity index (χ3n) is 3.37. The lowest BCUT2D eigenvalue weighted by molar-refractivity contribution is -0.121. The first kappa shape index (κ1) is 13.7. The van der Waals surface area contributed by atoms with Gasteiger partial charge < -0.3 is 14.8 Å². The summed E-state index contributed by atoms with van der Waals surface area (Å²) in [5.74, 6) is 1.56. The number of ether oxygens (including phenoxy) is 2. The Bertz CT molecular complexity index is 471. The largest absolute Gasteiger partial charge is 0.486 e. The fourth-order valence-corrected chi connectivity index (χ4v) is 2.02. The van der Waals surface area contributed by atoms with E-state index in [1.807, 2.05) is 26.0 Å². The molecule has 0 saturated carbocycles. The van der Waals surface area contributed by atoms with Gasteiger partial charge in [-0.25, -0.2) is 0 Å². The lowest BCUT2D eigenvalue weighted by atomic mass is 10.0. The van der Waals surface area contributed by atoms with E-state index in [0.717, 1.165) is 29.0 Å². The monoisotopic (exact) mass is 263 g/mol. The zero-order chi connectivity index (χ0) is 13.8. The summed E-state index contributed by atoms with van der Waals surface area (Å²) in [7, 11) is 0. The second-order valence-corrected chi connectivity index (χ2v) is 4.98. The highest BCUT2D eigenvalue weighted by atomic mass is 16.6. The second-order valence-electron chi connectivity index (χ2n) is 4.98. The molecule has 2 rings (SSSR count). The first-order valence-electron chi connectivity index (χ1n) is 6.78. The van der Waals surface area contributed by atoms with Crippen molar-refractivity contribution < 1.29 is 14.3 Å². The van der Waals surface area contributed by atoms with Crippen LogP contribution in [0.15, 0.2) is 12.1 Å². The zero-order valence-corrected chi connectivity index (χ0v) is 11.8. The maximum Gasteiger partial charge on any atom is 0.224 e. The molecular weight excluding hydrogens is 242 g/mol. The Hall–Kier alpha value is -1.71. The Labute approximate surface area is 114 Å². The topological polar surface area (TPSA) is 47.6 Å². The van der Waals surface area contributed by atoms with Gasteiger partial charge in [0.1, 0.15) is 13.2 Å². The van der Waals surface area contributed by atoms with Gasteiger partial charge in [0.05, 0.1) is 6.42 Å². The van der Waals surface area contributed by atoms with Crippen molar-refractivity contribution in [1.29, 1.82) is 0 Å². The van der Waals surface area contributed by atoms with Crippen LogP contribution in [0.5, 0.6) is 11.5 Å². The van der Waals surface area contributed by atoms with E-state index in [1.54, 1.807) is 0 Å². The van der Waals surface area contributed by atoms with E-state index in [4.69, 9.17) is 9.47 Å². The Morgan fingerprint density at radius 2 is 1.95 bits per heavy atom. The summed E-state index contributed by atoms with van der Waals surface area (Å²) in [6, 6.07) is 4.07. The highest BCUT2D eigenvalue weighted by Crippen LogP contribution is 2.33. The molecule has 1 aromatic rings. The van der Waals surface area contributed by atoms with Crippen LogP contribution in [0.4, 0.5) is 0 Å². The predicted molar refractivity (Wildman–Crippen MR) is 73.8 cm³/mol. The van der Waals surface area contributed by atoms with Gasteiger partial charge in [0, 0.05) is 6.04 Å². The molecule has 0 aromatic heterocycles. The third kappa shape index (κ3) is 3.40. The third-order valence-corrected chi connectivity index (χ3v) is 3.37. The van der Waals surface area contributed by atoms with Gasteiger partial charge in [0.15, 0.2) is 11.5 Å². The Morgan fingerprint density at radius 1 is 1.32 bits per heavy atom. The molecule has 0 spiro atoms. The number of carbonyl (C=O) groups is 1. The molecule has 1 atom stereocenters. The molecule has 4 nitrogen and oxygen atoms in total. The number of benzene rings is 1. The van der Waals surface area contributed by atoms with Crippen molar-refractivity contribution >= 4 is 5.91 Å². The summed E-state index contributed by atoms with van der Waals surface area (Å²) in [6.45, 7) is 7.20. The van der Waals surface area contributed by atoms with Crippen LogP contribution >= 0.6 is 0 Å². The van der Waals surface area contributed by atoms with E-state index < -0.39 is 0 Å². The molecule has 0 saturated heterocycles. The number of amides is 1. The van der Waals surface area contributed by atoms with Gasteiger partial charge in [0.25, 0.3) is 0 Å². The fourth-order valence-electron chi connectivity index (χ4n) is 2.02. The van der Waals surface area contributed by atoms with Crippen molar-refractivity contribution in [2.45, 2.75) is 39.7 Å². The normalized spacial score (nSPS) is 14.9. The summed E-state index contributed by atoms with van der Waals surface area (Å²) in [5.41, 5.74) is 2.05. The Morgan fingerprint density at radius 3 is 2.58 bits per heavy atom. The van der Waals surface area contributed by atoms with Crippen LogP contribution in [0.25, 0.3) is 0 Å². The minimum Gasteiger partial charge on any atom is -0.486 e. The van der Waals surface area contributed by atoms with Crippen molar-refractivity contribution in [3.63, 3.8) is 0 Å². The number of aryl methyl sites for hydroxylation is 1. The number of carbonyl (C=O) groups excluding carboxylic acids is 1. The van der Waals surface area contributed by atoms with Gasteiger partial charge >= 0.3 is 0 Å². The molecule has 1 amide bonds. The lowest BCUT2D eigenvalue weighted by Crippen LogP contribution is -2.33. The first-order chi connectivity index (χ1) is 9.10. The first-order valence-corrected chi connectivity index (χ1v) is 6.78. The fraction of sp³-hybridized carbons (Fsp3) is 0.533. The van der Waals surface area contributed by atoms with Crippen molar-refractivity contribution in [1.82, 2.24) is 5.32 Å². The van der Waals surface area contributed by atoms with Crippen LogP contribution in [-0.2, 0) is 11.2 Å². The number of hydrogen-bond donors (Lipinski definition) is 1. The molecule has 0 radical (unpaired) electrons. The van der Waals surface area contributed by atoms with E-state index in [9.17, 15) is 4.79 Å². The van der Waals surface area contributed by atoms with Crippen molar-refractivity contribution in [2.24, 2.45) is 0 Å². The molecule has 1 aliphatic rings.